The summed E-state index contributed by atoms with van der Waals surface area (Å²) in [7, 11) is 0. The van der Waals surface area contributed by atoms with Crippen LogP contribution in [0.15, 0.2) is 0 Å². The molecule has 1 N–H and O–H groups in total. The molecule has 3 nitrogen and oxygen atoms in total. The number of hydrogen-bond acceptors (Lipinski definition) is 2. The molecule has 0 radical (unpaired) electrons. The van der Waals surface area contributed by atoms with Crippen molar-refractivity contribution in [3.63, 3.8) is 0 Å². The van der Waals surface area contributed by atoms with E-state index < -0.39 is 12.6 Å². The highest BCUT2D eigenvalue weighted by Crippen LogP contribution is 2.22. The van der Waals surface area contributed by atoms with Gasteiger partial charge in [0.1, 0.15) is 0 Å². The number of amides is 1. The van der Waals surface area contributed by atoms with E-state index in [2.05, 4.69) is 5.32 Å². The predicted molar refractivity (Wildman–Crippen MR) is 58.6 cm³/mol. The minimum Gasteiger partial charge on any atom is -0.341 e. The number of halogens is 3. The van der Waals surface area contributed by atoms with Crippen molar-refractivity contribution in [1.82, 2.24) is 10.2 Å². The Morgan fingerprint density at radius 1 is 1.47 bits per heavy atom. The van der Waals surface area contributed by atoms with Crippen LogP contribution in [0.5, 0.6) is 0 Å². The van der Waals surface area contributed by atoms with Crippen LogP contribution in [0.4, 0.5) is 13.2 Å². The molecule has 100 valence electrons. The average molecular weight is 252 g/mol. The monoisotopic (exact) mass is 252 g/mol. The van der Waals surface area contributed by atoms with Gasteiger partial charge >= 0.3 is 6.18 Å². The van der Waals surface area contributed by atoms with Crippen LogP contribution in [0.25, 0.3) is 0 Å². The third kappa shape index (κ3) is 4.93. The summed E-state index contributed by atoms with van der Waals surface area (Å²) in [5.74, 6) is -0.0550. The molecular formula is C11H19F3N2O. The maximum absolute atomic E-state index is 12.0. The molecule has 1 unspecified atom stereocenters. The lowest BCUT2D eigenvalue weighted by atomic mass is 10.2. The number of hydrogen-bond donors (Lipinski definition) is 1. The van der Waals surface area contributed by atoms with E-state index in [0.29, 0.717) is 13.0 Å². The average Bonchev–Trinajstić information content (AvgIpc) is 2.56. The molecule has 0 saturated carbocycles. The van der Waals surface area contributed by atoms with Crippen LogP contribution in [0.1, 0.15) is 32.6 Å². The Hall–Kier alpha value is -0.780. The number of likely N-dealkylation sites (tertiary alicyclic amines) is 1. The highest BCUT2D eigenvalue weighted by Gasteiger charge is 2.32. The van der Waals surface area contributed by atoms with Crippen molar-refractivity contribution in [2.75, 3.05) is 19.6 Å². The molecule has 1 atom stereocenters. The molecule has 1 rings (SSSR count). The molecule has 1 amide bonds. The molecule has 17 heavy (non-hydrogen) atoms. The van der Waals surface area contributed by atoms with Gasteiger partial charge in [0.25, 0.3) is 0 Å². The van der Waals surface area contributed by atoms with E-state index in [-0.39, 0.29) is 24.9 Å². The van der Waals surface area contributed by atoms with Gasteiger partial charge < -0.3 is 10.2 Å². The van der Waals surface area contributed by atoms with Crippen LogP contribution in [0.3, 0.4) is 0 Å². The van der Waals surface area contributed by atoms with Gasteiger partial charge in [-0.2, -0.15) is 13.2 Å². The van der Waals surface area contributed by atoms with Crippen molar-refractivity contribution in [3.8, 4) is 0 Å². The summed E-state index contributed by atoms with van der Waals surface area (Å²) in [5, 5.41) is 3.10. The Morgan fingerprint density at radius 3 is 2.76 bits per heavy atom. The summed E-state index contributed by atoms with van der Waals surface area (Å²) in [4.78, 5) is 13.3. The van der Waals surface area contributed by atoms with Gasteiger partial charge in [-0.3, -0.25) is 4.79 Å². The third-order valence-corrected chi connectivity index (χ3v) is 2.83. The van der Waals surface area contributed by atoms with E-state index in [1.807, 2.05) is 6.92 Å². The largest absolute Gasteiger partial charge is 0.389 e. The van der Waals surface area contributed by atoms with Gasteiger partial charge in [-0.15, -0.1) is 0 Å². The smallest absolute Gasteiger partial charge is 0.341 e. The number of carbonyl (C=O) groups excluding carboxylic acids is 1. The molecule has 1 aliphatic heterocycles. The SMILES string of the molecule is CCCNC1CCN(CCCC(F)(F)F)C1=O. The molecule has 1 saturated heterocycles. The summed E-state index contributed by atoms with van der Waals surface area (Å²) in [6, 6.07) is -0.194. The molecule has 6 heteroatoms. The molecule has 1 heterocycles. The second-order valence-electron chi connectivity index (χ2n) is 4.34. The highest BCUT2D eigenvalue weighted by atomic mass is 19.4. The van der Waals surface area contributed by atoms with Gasteiger partial charge in [0, 0.05) is 19.5 Å². The molecule has 0 aromatic carbocycles. The Labute approximate surface area is 99.4 Å². The number of alkyl halides is 3. The minimum atomic E-state index is -4.12. The number of nitrogens with one attached hydrogen (secondary N) is 1. The molecule has 0 aromatic heterocycles. The lowest BCUT2D eigenvalue weighted by molar-refractivity contribution is -0.139. The molecule has 0 bridgehead atoms. The van der Waals surface area contributed by atoms with Crippen LogP contribution in [0, 0.1) is 0 Å². The molecular weight excluding hydrogens is 233 g/mol. The Morgan fingerprint density at radius 2 is 2.18 bits per heavy atom. The first-order valence-corrected chi connectivity index (χ1v) is 6.03. The first kappa shape index (κ1) is 14.3. The van der Waals surface area contributed by atoms with E-state index >= 15 is 0 Å². The van der Waals surface area contributed by atoms with Crippen LogP contribution < -0.4 is 5.32 Å². The van der Waals surface area contributed by atoms with Gasteiger partial charge in [-0.05, 0) is 25.8 Å². The van der Waals surface area contributed by atoms with E-state index in [0.717, 1.165) is 13.0 Å². The maximum Gasteiger partial charge on any atom is 0.389 e. The maximum atomic E-state index is 12.0. The Balaban J connectivity index is 2.25. The zero-order valence-corrected chi connectivity index (χ0v) is 10.0. The van der Waals surface area contributed by atoms with Crippen LogP contribution in [-0.4, -0.2) is 42.7 Å². The molecule has 0 aliphatic carbocycles. The lowest BCUT2D eigenvalue weighted by Gasteiger charge is -2.17. The van der Waals surface area contributed by atoms with Crippen LogP contribution in [-0.2, 0) is 4.79 Å². The van der Waals surface area contributed by atoms with E-state index in [9.17, 15) is 18.0 Å². The first-order chi connectivity index (χ1) is 7.94. The summed E-state index contributed by atoms with van der Waals surface area (Å²) < 4.78 is 35.9. The summed E-state index contributed by atoms with van der Waals surface area (Å²) >= 11 is 0. The van der Waals surface area contributed by atoms with Crippen LogP contribution >= 0.6 is 0 Å². The van der Waals surface area contributed by atoms with Crippen molar-refractivity contribution in [2.45, 2.75) is 44.8 Å². The molecule has 1 fully saturated rings. The number of nitrogens with zero attached hydrogens (tertiary/aromatic N) is 1. The standard InChI is InChI=1S/C11H19F3N2O/c1-2-6-15-9-4-8-16(10(9)17)7-3-5-11(12,13)14/h9,15H,2-8H2,1H3. The van der Waals surface area contributed by atoms with Crippen molar-refractivity contribution < 1.29 is 18.0 Å². The van der Waals surface area contributed by atoms with Gasteiger partial charge in [0.15, 0.2) is 0 Å². The zero-order valence-electron chi connectivity index (χ0n) is 10.0. The number of carbonyl (C=O) groups is 1. The van der Waals surface area contributed by atoms with E-state index in [4.69, 9.17) is 0 Å². The van der Waals surface area contributed by atoms with Crippen LogP contribution in [0.2, 0.25) is 0 Å². The normalized spacial score (nSPS) is 21.3. The fraction of sp³-hybridized carbons (Fsp3) is 0.909. The predicted octanol–water partition coefficient (Wildman–Crippen LogP) is 1.93. The zero-order chi connectivity index (χ0) is 12.9. The van der Waals surface area contributed by atoms with Gasteiger partial charge in [0.2, 0.25) is 5.91 Å². The molecule has 0 spiro atoms. The van der Waals surface area contributed by atoms with E-state index in [1.54, 1.807) is 0 Å². The second-order valence-corrected chi connectivity index (χ2v) is 4.34. The molecule has 0 aromatic rings. The highest BCUT2D eigenvalue weighted by molar-refractivity contribution is 5.83. The molecule has 1 aliphatic rings. The van der Waals surface area contributed by atoms with Crippen molar-refractivity contribution >= 4 is 5.91 Å². The summed E-state index contributed by atoms with van der Waals surface area (Å²) in [5.41, 5.74) is 0. The lowest BCUT2D eigenvalue weighted by Crippen LogP contribution is -2.39. The minimum absolute atomic E-state index is 0.00423. The summed E-state index contributed by atoms with van der Waals surface area (Å²) in [6.45, 7) is 3.56. The van der Waals surface area contributed by atoms with Gasteiger partial charge in [-0.1, -0.05) is 6.92 Å². The van der Waals surface area contributed by atoms with E-state index in [1.165, 1.54) is 4.90 Å². The quantitative estimate of drug-likeness (QED) is 0.783. The fourth-order valence-electron chi connectivity index (χ4n) is 1.94. The van der Waals surface area contributed by atoms with Crippen molar-refractivity contribution in [3.05, 3.63) is 0 Å². The summed E-state index contributed by atoms with van der Waals surface area (Å²) in [6.07, 6.45) is -3.30. The third-order valence-electron chi connectivity index (χ3n) is 2.83. The second kappa shape index (κ2) is 6.23. The first-order valence-electron chi connectivity index (χ1n) is 6.03. The van der Waals surface area contributed by atoms with Crippen molar-refractivity contribution in [1.29, 1.82) is 0 Å². The topological polar surface area (TPSA) is 32.3 Å². The Bertz CT molecular complexity index is 256. The number of rotatable bonds is 6. The Kier molecular flexibility index (Phi) is 5.24. The fourth-order valence-corrected chi connectivity index (χ4v) is 1.94. The van der Waals surface area contributed by atoms with Gasteiger partial charge in [0.05, 0.1) is 6.04 Å². The van der Waals surface area contributed by atoms with Gasteiger partial charge in [-0.25, -0.2) is 0 Å². The van der Waals surface area contributed by atoms with Crippen molar-refractivity contribution in [2.24, 2.45) is 0 Å².